The zero-order valence-corrected chi connectivity index (χ0v) is 19.4. The number of fused-ring (bicyclic) bond motifs is 3. The summed E-state index contributed by atoms with van der Waals surface area (Å²) in [5.41, 5.74) is 1.74. The number of halogens is 1. The SMILES string of the molecule is CCCNC(=O)c1ccc(Cl)cc1NC(=O)CCn1cnc2sc3c(c2c1=O)CCCC3. The van der Waals surface area contributed by atoms with Crippen LogP contribution in [0.2, 0.25) is 5.02 Å². The molecule has 2 N–H and O–H groups in total. The Kier molecular flexibility index (Phi) is 6.91. The van der Waals surface area contributed by atoms with Crippen LogP contribution in [0, 0.1) is 0 Å². The summed E-state index contributed by atoms with van der Waals surface area (Å²) in [6.45, 7) is 2.71. The summed E-state index contributed by atoms with van der Waals surface area (Å²) in [5.74, 6) is -0.580. The zero-order chi connectivity index (χ0) is 22.7. The summed E-state index contributed by atoms with van der Waals surface area (Å²) in [6, 6.07) is 4.75. The molecule has 0 aliphatic heterocycles. The van der Waals surface area contributed by atoms with Crippen LogP contribution in [-0.4, -0.2) is 27.9 Å². The molecule has 2 aromatic heterocycles. The lowest BCUT2D eigenvalue weighted by Crippen LogP contribution is -2.27. The Hall–Kier alpha value is -2.71. The Balaban J connectivity index is 1.49. The van der Waals surface area contributed by atoms with Gasteiger partial charge in [-0.05, 0) is 55.9 Å². The van der Waals surface area contributed by atoms with E-state index in [-0.39, 0.29) is 30.3 Å². The lowest BCUT2D eigenvalue weighted by molar-refractivity contribution is -0.116. The van der Waals surface area contributed by atoms with Crippen LogP contribution in [-0.2, 0) is 24.2 Å². The van der Waals surface area contributed by atoms with Crippen molar-refractivity contribution in [1.82, 2.24) is 14.9 Å². The van der Waals surface area contributed by atoms with Gasteiger partial charge in [0, 0.05) is 29.4 Å². The van der Waals surface area contributed by atoms with E-state index in [2.05, 4.69) is 15.6 Å². The molecule has 0 fully saturated rings. The molecule has 0 atom stereocenters. The highest BCUT2D eigenvalue weighted by atomic mass is 35.5. The number of thiophene rings is 1. The minimum absolute atomic E-state index is 0.0714. The minimum Gasteiger partial charge on any atom is -0.352 e. The quantitative estimate of drug-likeness (QED) is 0.540. The predicted octanol–water partition coefficient (Wildman–Crippen LogP) is 4.16. The molecule has 4 rings (SSSR count). The van der Waals surface area contributed by atoms with E-state index >= 15 is 0 Å². The number of hydrogen-bond donors (Lipinski definition) is 2. The van der Waals surface area contributed by atoms with Crippen LogP contribution in [0.4, 0.5) is 5.69 Å². The van der Waals surface area contributed by atoms with E-state index in [9.17, 15) is 14.4 Å². The average Bonchev–Trinajstić information content (AvgIpc) is 3.16. The molecule has 0 radical (unpaired) electrons. The Bertz CT molecular complexity index is 1230. The van der Waals surface area contributed by atoms with Gasteiger partial charge in [0.05, 0.1) is 23.0 Å². The Morgan fingerprint density at radius 2 is 2.06 bits per heavy atom. The summed E-state index contributed by atoms with van der Waals surface area (Å²) in [5, 5.41) is 6.69. The topological polar surface area (TPSA) is 93.1 Å². The molecular formula is C23H25ClN4O3S. The molecule has 7 nitrogen and oxygen atoms in total. The van der Waals surface area contributed by atoms with Crippen LogP contribution < -0.4 is 16.2 Å². The van der Waals surface area contributed by atoms with Crippen molar-refractivity contribution in [3.63, 3.8) is 0 Å². The molecule has 0 bridgehead atoms. The number of amides is 2. The van der Waals surface area contributed by atoms with E-state index in [1.807, 2.05) is 6.92 Å². The number of anilines is 1. The summed E-state index contributed by atoms with van der Waals surface area (Å²) >= 11 is 7.68. The van der Waals surface area contributed by atoms with E-state index in [1.54, 1.807) is 29.5 Å². The van der Waals surface area contributed by atoms with Crippen LogP contribution >= 0.6 is 22.9 Å². The second kappa shape index (κ2) is 9.83. The number of aryl methyl sites for hydroxylation is 3. The van der Waals surface area contributed by atoms with Crippen LogP contribution in [0.25, 0.3) is 10.2 Å². The molecule has 2 amide bonds. The zero-order valence-electron chi connectivity index (χ0n) is 17.9. The van der Waals surface area contributed by atoms with Crippen LogP contribution in [0.3, 0.4) is 0 Å². The van der Waals surface area contributed by atoms with Gasteiger partial charge in [-0.25, -0.2) is 4.98 Å². The smallest absolute Gasteiger partial charge is 0.262 e. The van der Waals surface area contributed by atoms with E-state index in [0.29, 0.717) is 28.2 Å². The number of carbonyl (C=O) groups excluding carboxylic acids is 2. The Labute approximate surface area is 194 Å². The van der Waals surface area contributed by atoms with Gasteiger partial charge in [-0.3, -0.25) is 19.0 Å². The highest BCUT2D eigenvalue weighted by molar-refractivity contribution is 7.18. The van der Waals surface area contributed by atoms with Gasteiger partial charge < -0.3 is 10.6 Å². The highest BCUT2D eigenvalue weighted by Crippen LogP contribution is 2.33. The third-order valence-corrected chi connectivity index (χ3v) is 6.99. The highest BCUT2D eigenvalue weighted by Gasteiger charge is 2.20. The summed E-state index contributed by atoms with van der Waals surface area (Å²) in [7, 11) is 0. The van der Waals surface area contributed by atoms with Gasteiger partial charge in [0.25, 0.3) is 11.5 Å². The Morgan fingerprint density at radius 3 is 2.88 bits per heavy atom. The van der Waals surface area contributed by atoms with Gasteiger partial charge >= 0.3 is 0 Å². The number of nitrogens with zero attached hydrogens (tertiary/aromatic N) is 2. The van der Waals surface area contributed by atoms with Gasteiger partial charge in [0.2, 0.25) is 5.91 Å². The monoisotopic (exact) mass is 472 g/mol. The molecule has 0 saturated heterocycles. The summed E-state index contributed by atoms with van der Waals surface area (Å²) in [6.07, 6.45) is 6.55. The lowest BCUT2D eigenvalue weighted by atomic mass is 9.97. The van der Waals surface area contributed by atoms with Gasteiger partial charge in [0.15, 0.2) is 0 Å². The first-order valence-corrected chi connectivity index (χ1v) is 12.0. The molecule has 1 aromatic carbocycles. The maximum absolute atomic E-state index is 13.0. The molecule has 168 valence electrons. The van der Waals surface area contributed by atoms with Gasteiger partial charge in [-0.1, -0.05) is 18.5 Å². The van der Waals surface area contributed by atoms with Crippen LogP contribution in [0.1, 0.15) is 53.4 Å². The maximum atomic E-state index is 13.0. The fourth-order valence-corrected chi connectivity index (χ4v) is 5.32. The molecule has 0 saturated carbocycles. The van der Waals surface area contributed by atoms with Crippen molar-refractivity contribution in [2.24, 2.45) is 0 Å². The largest absolute Gasteiger partial charge is 0.352 e. The van der Waals surface area contributed by atoms with Crippen LogP contribution in [0.15, 0.2) is 29.3 Å². The second-order valence-corrected chi connectivity index (χ2v) is 9.40. The predicted molar refractivity (Wildman–Crippen MR) is 128 cm³/mol. The standard InChI is InChI=1S/C23H25ClN4O3S/c1-2-10-25-21(30)15-8-7-14(24)12-17(15)27-19(29)9-11-28-13-26-22-20(23(28)31)16-5-3-4-6-18(16)32-22/h7-8,12-13H,2-6,9-11H2,1H3,(H,25,30)(H,27,29). The number of carbonyl (C=O) groups is 2. The normalized spacial score (nSPS) is 13.1. The van der Waals surface area contributed by atoms with Crippen molar-refractivity contribution in [2.45, 2.75) is 52.0 Å². The fourth-order valence-electron chi connectivity index (χ4n) is 3.93. The first kappa shape index (κ1) is 22.5. The van der Waals surface area contributed by atoms with E-state index in [0.717, 1.165) is 42.5 Å². The van der Waals surface area contributed by atoms with Crippen molar-refractivity contribution < 1.29 is 9.59 Å². The van der Waals surface area contributed by atoms with Crippen molar-refractivity contribution in [3.05, 3.63) is 55.9 Å². The molecule has 3 aromatic rings. The molecule has 32 heavy (non-hydrogen) atoms. The first-order chi connectivity index (χ1) is 15.5. The first-order valence-electron chi connectivity index (χ1n) is 10.8. The number of nitrogens with one attached hydrogen (secondary N) is 2. The van der Waals surface area contributed by atoms with E-state index in [1.165, 1.54) is 15.8 Å². The molecule has 1 aliphatic rings. The second-order valence-electron chi connectivity index (χ2n) is 7.88. The molecule has 0 spiro atoms. The minimum atomic E-state index is -0.309. The fraction of sp³-hybridized carbons (Fsp3) is 0.391. The number of rotatable bonds is 7. The third-order valence-electron chi connectivity index (χ3n) is 5.56. The third kappa shape index (κ3) is 4.71. The summed E-state index contributed by atoms with van der Waals surface area (Å²) in [4.78, 5) is 44.6. The van der Waals surface area contributed by atoms with Crippen molar-refractivity contribution in [1.29, 1.82) is 0 Å². The van der Waals surface area contributed by atoms with E-state index in [4.69, 9.17) is 11.6 Å². The lowest BCUT2D eigenvalue weighted by Gasteiger charge is -2.12. The van der Waals surface area contributed by atoms with Crippen molar-refractivity contribution in [2.75, 3.05) is 11.9 Å². The van der Waals surface area contributed by atoms with Crippen molar-refractivity contribution in [3.8, 4) is 0 Å². The molecular weight excluding hydrogens is 448 g/mol. The molecule has 0 unspecified atom stereocenters. The average molecular weight is 473 g/mol. The molecule has 9 heteroatoms. The van der Waals surface area contributed by atoms with E-state index < -0.39 is 0 Å². The maximum Gasteiger partial charge on any atom is 0.262 e. The summed E-state index contributed by atoms with van der Waals surface area (Å²) < 4.78 is 1.50. The van der Waals surface area contributed by atoms with Gasteiger partial charge in [0.1, 0.15) is 4.83 Å². The van der Waals surface area contributed by atoms with Crippen molar-refractivity contribution >= 4 is 50.7 Å². The number of benzene rings is 1. The van der Waals surface area contributed by atoms with Gasteiger partial charge in [-0.15, -0.1) is 11.3 Å². The van der Waals surface area contributed by atoms with Crippen LogP contribution in [0.5, 0.6) is 0 Å². The molecule has 1 aliphatic carbocycles. The van der Waals surface area contributed by atoms with Gasteiger partial charge in [-0.2, -0.15) is 0 Å². The Morgan fingerprint density at radius 1 is 1.25 bits per heavy atom. The number of hydrogen-bond acceptors (Lipinski definition) is 5. The molecule has 2 heterocycles. The number of aromatic nitrogens is 2.